The predicted octanol–water partition coefficient (Wildman–Crippen LogP) is 2.64. The summed E-state index contributed by atoms with van der Waals surface area (Å²) < 4.78 is 0. The first-order valence-electron chi connectivity index (χ1n) is 7.89. The van der Waals surface area contributed by atoms with Crippen molar-refractivity contribution >= 4 is 24.2 Å². The second-order valence-corrected chi connectivity index (χ2v) is 5.55. The van der Waals surface area contributed by atoms with Crippen molar-refractivity contribution in [3.8, 4) is 0 Å². The number of nitrogens with one attached hydrogen (secondary N) is 2. The van der Waals surface area contributed by atoms with Gasteiger partial charge in [0.1, 0.15) is 11.9 Å². The molecule has 3 N–H and O–H groups in total. The lowest BCUT2D eigenvalue weighted by Crippen LogP contribution is -2.36. The summed E-state index contributed by atoms with van der Waals surface area (Å²) >= 11 is 0. The number of rotatable bonds is 8. The number of aliphatic carboxylic acids is 1. The first-order valence-corrected chi connectivity index (χ1v) is 7.89. The highest BCUT2D eigenvalue weighted by molar-refractivity contribution is 5.85. The van der Waals surface area contributed by atoms with Crippen LogP contribution in [0.5, 0.6) is 0 Å². The number of pyridine rings is 1. The second-order valence-electron chi connectivity index (χ2n) is 5.55. The number of carboxylic acids is 1. The normalized spacial score (nSPS) is 14.4. The van der Waals surface area contributed by atoms with E-state index in [0.717, 1.165) is 50.3 Å². The molecule has 0 radical (unpaired) electrons. The lowest BCUT2D eigenvalue weighted by atomic mass is 10.1. The van der Waals surface area contributed by atoms with Crippen molar-refractivity contribution in [3.05, 3.63) is 23.4 Å². The van der Waals surface area contributed by atoms with Gasteiger partial charge in [-0.05, 0) is 56.7 Å². The Balaban J connectivity index is 0.00000242. The van der Waals surface area contributed by atoms with E-state index < -0.39 is 12.0 Å². The predicted molar refractivity (Wildman–Crippen MR) is 91.0 cm³/mol. The highest BCUT2D eigenvalue weighted by Crippen LogP contribution is 2.20. The Bertz CT molecular complexity index is 482. The summed E-state index contributed by atoms with van der Waals surface area (Å²) in [7, 11) is 0. The van der Waals surface area contributed by atoms with Crippen LogP contribution < -0.4 is 10.6 Å². The zero-order valence-corrected chi connectivity index (χ0v) is 13.9. The number of aromatic nitrogens is 1. The number of carbonyl (C=O) groups is 1. The monoisotopic (exact) mass is 327 g/mol. The molecule has 124 valence electrons. The van der Waals surface area contributed by atoms with E-state index in [1.54, 1.807) is 0 Å². The molecule has 5 nitrogen and oxygen atoms in total. The SMILES string of the molecule is CCC(NCCCCc1ccc2c(n1)NCCC2)C(=O)O.Cl. The molecule has 22 heavy (non-hydrogen) atoms. The third-order valence-corrected chi connectivity index (χ3v) is 3.91. The standard InChI is InChI=1S/C16H25N3O2.ClH/c1-2-14(16(20)21)17-10-4-3-7-13-9-8-12-6-5-11-18-15(12)19-13;/h8-9,14,17H,2-7,10-11H2,1H3,(H,18,19)(H,20,21);1H. The second kappa shape index (κ2) is 9.64. The van der Waals surface area contributed by atoms with E-state index in [9.17, 15) is 4.79 Å². The number of halogens is 1. The van der Waals surface area contributed by atoms with Gasteiger partial charge in [-0.1, -0.05) is 13.0 Å². The first-order chi connectivity index (χ1) is 10.2. The quantitative estimate of drug-likeness (QED) is 0.640. The Kier molecular flexibility index (Phi) is 8.20. The van der Waals surface area contributed by atoms with Gasteiger partial charge in [0.05, 0.1) is 0 Å². The lowest BCUT2D eigenvalue weighted by Gasteiger charge is -2.17. The average molecular weight is 328 g/mol. The molecule has 0 bridgehead atoms. The van der Waals surface area contributed by atoms with Crippen LogP contribution in [0.3, 0.4) is 0 Å². The summed E-state index contributed by atoms with van der Waals surface area (Å²) in [6, 6.07) is 3.88. The number of hydrogen-bond acceptors (Lipinski definition) is 4. The summed E-state index contributed by atoms with van der Waals surface area (Å²) in [6.45, 7) is 3.64. The summed E-state index contributed by atoms with van der Waals surface area (Å²) in [5.41, 5.74) is 2.44. The van der Waals surface area contributed by atoms with E-state index in [4.69, 9.17) is 5.11 Å². The van der Waals surface area contributed by atoms with Crippen LogP contribution in [-0.4, -0.2) is 35.2 Å². The summed E-state index contributed by atoms with van der Waals surface area (Å²) in [5, 5.41) is 15.4. The number of anilines is 1. The van der Waals surface area contributed by atoms with Gasteiger partial charge < -0.3 is 15.7 Å². The maximum Gasteiger partial charge on any atom is 0.320 e. The zero-order chi connectivity index (χ0) is 15.1. The molecule has 1 unspecified atom stereocenters. The molecule has 2 rings (SSSR count). The van der Waals surface area contributed by atoms with E-state index in [0.29, 0.717) is 6.42 Å². The molecule has 1 aromatic heterocycles. The van der Waals surface area contributed by atoms with E-state index >= 15 is 0 Å². The number of nitrogens with zero attached hydrogens (tertiary/aromatic N) is 1. The molecule has 6 heteroatoms. The first kappa shape index (κ1) is 18.7. The van der Waals surface area contributed by atoms with Crippen LogP contribution in [0.15, 0.2) is 12.1 Å². The van der Waals surface area contributed by atoms with Gasteiger partial charge in [-0.25, -0.2) is 4.98 Å². The number of hydrogen-bond donors (Lipinski definition) is 3. The largest absolute Gasteiger partial charge is 0.480 e. The highest BCUT2D eigenvalue weighted by Gasteiger charge is 2.13. The van der Waals surface area contributed by atoms with Gasteiger partial charge >= 0.3 is 5.97 Å². The number of fused-ring (bicyclic) bond motifs is 1. The average Bonchev–Trinajstić information content (AvgIpc) is 2.50. The number of unbranched alkanes of at least 4 members (excludes halogenated alkanes) is 1. The van der Waals surface area contributed by atoms with Gasteiger partial charge in [-0.3, -0.25) is 4.79 Å². The van der Waals surface area contributed by atoms with Crippen molar-refractivity contribution < 1.29 is 9.90 Å². The Labute approximate surface area is 138 Å². The van der Waals surface area contributed by atoms with Crippen molar-refractivity contribution in [3.63, 3.8) is 0 Å². The fourth-order valence-corrected chi connectivity index (χ4v) is 2.62. The van der Waals surface area contributed by atoms with Crippen LogP contribution in [0.2, 0.25) is 0 Å². The van der Waals surface area contributed by atoms with Gasteiger partial charge in [0, 0.05) is 12.2 Å². The zero-order valence-electron chi connectivity index (χ0n) is 13.1. The molecular weight excluding hydrogens is 302 g/mol. The fourth-order valence-electron chi connectivity index (χ4n) is 2.62. The van der Waals surface area contributed by atoms with Gasteiger partial charge in [0.15, 0.2) is 0 Å². The third kappa shape index (κ3) is 5.46. The van der Waals surface area contributed by atoms with Crippen molar-refractivity contribution in [2.24, 2.45) is 0 Å². The molecule has 0 saturated carbocycles. The minimum atomic E-state index is -0.764. The Morgan fingerprint density at radius 2 is 2.27 bits per heavy atom. The van der Waals surface area contributed by atoms with Crippen molar-refractivity contribution in [2.75, 3.05) is 18.4 Å². The van der Waals surface area contributed by atoms with Gasteiger partial charge in [0.2, 0.25) is 0 Å². The third-order valence-electron chi connectivity index (χ3n) is 3.91. The molecule has 0 aliphatic carbocycles. The summed E-state index contributed by atoms with van der Waals surface area (Å²) in [5.74, 6) is 0.286. The Morgan fingerprint density at radius 3 is 3.00 bits per heavy atom. The molecule has 0 fully saturated rings. The molecule has 0 spiro atoms. The number of carboxylic acid groups (broad SMARTS) is 1. The summed E-state index contributed by atoms with van der Waals surface area (Å²) in [6.07, 6.45) is 5.85. The van der Waals surface area contributed by atoms with Crippen molar-refractivity contribution in [1.29, 1.82) is 0 Å². The molecule has 0 amide bonds. The molecule has 1 aliphatic rings. The van der Waals surface area contributed by atoms with Gasteiger partial charge in [-0.2, -0.15) is 0 Å². The van der Waals surface area contributed by atoms with Crippen molar-refractivity contribution in [1.82, 2.24) is 10.3 Å². The minimum absolute atomic E-state index is 0. The van der Waals surface area contributed by atoms with E-state index in [1.807, 2.05) is 6.92 Å². The smallest absolute Gasteiger partial charge is 0.320 e. The van der Waals surface area contributed by atoms with Gasteiger partial charge in [0.25, 0.3) is 0 Å². The summed E-state index contributed by atoms with van der Waals surface area (Å²) in [4.78, 5) is 15.5. The molecule has 1 aliphatic heterocycles. The lowest BCUT2D eigenvalue weighted by molar-refractivity contribution is -0.139. The van der Waals surface area contributed by atoms with E-state index in [-0.39, 0.29) is 12.4 Å². The number of aryl methyl sites for hydroxylation is 2. The van der Waals surface area contributed by atoms with Crippen LogP contribution >= 0.6 is 12.4 Å². The molecular formula is C16H26ClN3O2. The highest BCUT2D eigenvalue weighted by atomic mass is 35.5. The maximum atomic E-state index is 10.9. The molecule has 0 aromatic carbocycles. The van der Waals surface area contributed by atoms with E-state index in [2.05, 4.69) is 27.8 Å². The van der Waals surface area contributed by atoms with Crippen LogP contribution in [0.1, 0.15) is 43.9 Å². The molecule has 2 heterocycles. The minimum Gasteiger partial charge on any atom is -0.480 e. The topological polar surface area (TPSA) is 74.2 Å². The Morgan fingerprint density at radius 1 is 1.45 bits per heavy atom. The van der Waals surface area contributed by atoms with Gasteiger partial charge in [-0.15, -0.1) is 12.4 Å². The van der Waals surface area contributed by atoms with Crippen LogP contribution in [0.4, 0.5) is 5.82 Å². The van der Waals surface area contributed by atoms with Crippen LogP contribution in [0.25, 0.3) is 0 Å². The van der Waals surface area contributed by atoms with E-state index in [1.165, 1.54) is 12.0 Å². The molecule has 1 aromatic rings. The van der Waals surface area contributed by atoms with Crippen LogP contribution in [-0.2, 0) is 17.6 Å². The Hall–Kier alpha value is -1.33. The molecule has 0 saturated heterocycles. The van der Waals surface area contributed by atoms with Crippen LogP contribution in [0, 0.1) is 0 Å². The fraction of sp³-hybridized carbons (Fsp3) is 0.625. The molecule has 1 atom stereocenters. The maximum absolute atomic E-state index is 10.9. The van der Waals surface area contributed by atoms with Crippen molar-refractivity contribution in [2.45, 2.75) is 51.5 Å².